The molecule has 4 nitrogen and oxygen atoms in total. The molecule has 3 aliphatic rings. The summed E-state index contributed by atoms with van der Waals surface area (Å²) < 4.78 is 11.3. The van der Waals surface area contributed by atoms with Crippen molar-refractivity contribution in [3.63, 3.8) is 0 Å². The molecule has 0 bridgehead atoms. The molecule has 0 radical (unpaired) electrons. The van der Waals surface area contributed by atoms with Crippen LogP contribution in [-0.4, -0.2) is 49.1 Å². The van der Waals surface area contributed by atoms with Gasteiger partial charge in [-0.1, -0.05) is 37.7 Å². The predicted molar refractivity (Wildman–Crippen MR) is 147 cm³/mol. The average Bonchev–Trinajstić information content (AvgIpc) is 2.88. The Kier molecular flexibility index (Phi) is 7.09. The summed E-state index contributed by atoms with van der Waals surface area (Å²) in [5.74, 6) is 3.02. The van der Waals surface area contributed by atoms with Crippen LogP contribution in [0.15, 0.2) is 24.3 Å². The third-order valence-electron chi connectivity index (χ3n) is 9.12. The van der Waals surface area contributed by atoms with E-state index in [0.29, 0.717) is 18.0 Å². The molecule has 4 atom stereocenters. The van der Waals surface area contributed by atoms with E-state index in [9.17, 15) is 0 Å². The second-order valence-electron chi connectivity index (χ2n) is 10.8. The zero-order valence-corrected chi connectivity index (χ0v) is 22.8. The molecule has 1 fully saturated rings. The van der Waals surface area contributed by atoms with Crippen molar-refractivity contribution >= 4 is 17.7 Å². The maximum atomic E-state index is 5.70. The summed E-state index contributed by atoms with van der Waals surface area (Å²) in [5, 5.41) is 0. The second kappa shape index (κ2) is 10.1. The molecule has 3 heterocycles. The third kappa shape index (κ3) is 4.46. The fourth-order valence-electron chi connectivity index (χ4n) is 6.94. The summed E-state index contributed by atoms with van der Waals surface area (Å²) in [6.45, 7) is 10.3. The number of nitrogens with zero attached hydrogens (tertiary/aromatic N) is 2. The van der Waals surface area contributed by atoms with Crippen molar-refractivity contribution in [2.45, 2.75) is 65.0 Å². The molecular formula is C30H40N2O2S. The molecule has 1 saturated heterocycles. The van der Waals surface area contributed by atoms with E-state index in [-0.39, 0.29) is 0 Å². The molecule has 35 heavy (non-hydrogen) atoms. The number of methoxy groups -OCH3 is 2. The summed E-state index contributed by atoms with van der Waals surface area (Å²) in [6.07, 6.45) is 5.78. The molecule has 5 rings (SSSR count). The van der Waals surface area contributed by atoms with Crippen molar-refractivity contribution in [2.75, 3.05) is 33.9 Å². The number of thiocarbonyl (C=S) groups is 1. The van der Waals surface area contributed by atoms with Crippen molar-refractivity contribution in [1.82, 2.24) is 9.80 Å². The Morgan fingerprint density at radius 3 is 2.31 bits per heavy atom. The van der Waals surface area contributed by atoms with E-state index >= 15 is 0 Å². The SMILES string of the molecule is CCC1CN2CCc3cc(C)c(C)cc3C2CC1CC1c2cc(OC)c(OC)cc2CCN1C=S. The van der Waals surface area contributed by atoms with Crippen LogP contribution < -0.4 is 9.47 Å². The summed E-state index contributed by atoms with van der Waals surface area (Å²) in [6, 6.07) is 10.2. The fraction of sp³-hybridized carbons (Fsp3) is 0.567. The van der Waals surface area contributed by atoms with Crippen molar-refractivity contribution < 1.29 is 9.47 Å². The minimum Gasteiger partial charge on any atom is -0.493 e. The van der Waals surface area contributed by atoms with Crippen LogP contribution in [-0.2, 0) is 12.8 Å². The van der Waals surface area contributed by atoms with Crippen molar-refractivity contribution in [1.29, 1.82) is 0 Å². The first-order chi connectivity index (χ1) is 17.0. The van der Waals surface area contributed by atoms with Gasteiger partial charge in [0.05, 0.1) is 25.8 Å². The van der Waals surface area contributed by atoms with Crippen LogP contribution in [0.4, 0.5) is 0 Å². The molecule has 3 aliphatic heterocycles. The Balaban J connectivity index is 1.47. The molecule has 0 aromatic heterocycles. The maximum absolute atomic E-state index is 5.70. The lowest BCUT2D eigenvalue weighted by molar-refractivity contribution is 0.0383. The first-order valence-electron chi connectivity index (χ1n) is 13.3. The van der Waals surface area contributed by atoms with Gasteiger partial charge in [0, 0.05) is 25.7 Å². The number of rotatable bonds is 6. The van der Waals surface area contributed by atoms with Crippen LogP contribution in [0.2, 0.25) is 0 Å². The van der Waals surface area contributed by atoms with Gasteiger partial charge in [0.15, 0.2) is 11.5 Å². The first-order valence-corrected chi connectivity index (χ1v) is 13.7. The summed E-state index contributed by atoms with van der Waals surface area (Å²) in [4.78, 5) is 5.17. The van der Waals surface area contributed by atoms with E-state index in [4.69, 9.17) is 21.7 Å². The van der Waals surface area contributed by atoms with E-state index in [0.717, 1.165) is 36.8 Å². The molecule has 2 aromatic carbocycles. The Morgan fingerprint density at radius 2 is 1.60 bits per heavy atom. The Hall–Kier alpha value is -2.11. The predicted octanol–water partition coefficient (Wildman–Crippen LogP) is 6.21. The molecule has 0 amide bonds. The molecule has 0 N–H and O–H groups in total. The number of fused-ring (bicyclic) bond motifs is 4. The highest BCUT2D eigenvalue weighted by atomic mass is 32.1. The molecule has 0 saturated carbocycles. The van der Waals surface area contributed by atoms with Gasteiger partial charge in [-0.3, -0.25) is 4.90 Å². The highest BCUT2D eigenvalue weighted by Crippen LogP contribution is 2.48. The minimum absolute atomic E-state index is 0.296. The smallest absolute Gasteiger partial charge is 0.161 e. The van der Waals surface area contributed by atoms with Gasteiger partial charge in [-0.25, -0.2) is 0 Å². The summed E-state index contributed by atoms with van der Waals surface area (Å²) in [7, 11) is 3.45. The van der Waals surface area contributed by atoms with Crippen molar-refractivity contribution in [3.8, 4) is 11.5 Å². The molecule has 4 unspecified atom stereocenters. The van der Waals surface area contributed by atoms with Crippen LogP contribution in [0.1, 0.15) is 71.7 Å². The van der Waals surface area contributed by atoms with Gasteiger partial charge in [-0.2, -0.15) is 0 Å². The zero-order valence-electron chi connectivity index (χ0n) is 22.0. The zero-order chi connectivity index (χ0) is 24.7. The Morgan fingerprint density at radius 1 is 0.914 bits per heavy atom. The second-order valence-corrected chi connectivity index (χ2v) is 11.0. The third-order valence-corrected chi connectivity index (χ3v) is 9.39. The molecule has 2 aromatic rings. The first kappa shape index (κ1) is 24.6. The van der Waals surface area contributed by atoms with Crippen LogP contribution in [0, 0.1) is 25.7 Å². The highest BCUT2D eigenvalue weighted by Gasteiger charge is 2.40. The Labute approximate surface area is 216 Å². The van der Waals surface area contributed by atoms with Gasteiger partial charge < -0.3 is 14.4 Å². The minimum atomic E-state index is 0.296. The normalized spacial score (nSPS) is 25.9. The number of ether oxygens (including phenoxy) is 2. The number of piperidine rings is 1. The van der Waals surface area contributed by atoms with E-state index in [1.54, 1.807) is 25.3 Å². The van der Waals surface area contributed by atoms with Crippen molar-refractivity contribution in [2.24, 2.45) is 11.8 Å². The van der Waals surface area contributed by atoms with Gasteiger partial charge >= 0.3 is 0 Å². The van der Waals surface area contributed by atoms with Crippen LogP contribution in [0.3, 0.4) is 0 Å². The standard InChI is InChI=1S/C30H40N2O2S/c1-6-21-17-31-9-7-22-11-19(2)20(3)12-25(22)27(31)13-24(21)14-28-26-16-30(34-5)29(33-4)15-23(26)8-10-32(28)18-35/h11-12,15-16,18,21,24,27-28H,6-10,13-14,17H2,1-5H3. The number of hydrogen-bond donors (Lipinski definition) is 0. The molecule has 0 spiro atoms. The van der Waals surface area contributed by atoms with Crippen molar-refractivity contribution in [3.05, 3.63) is 57.6 Å². The van der Waals surface area contributed by atoms with Gasteiger partial charge in [0.2, 0.25) is 0 Å². The Bertz CT molecular complexity index is 1100. The maximum Gasteiger partial charge on any atom is 0.161 e. The molecule has 5 heteroatoms. The lowest BCUT2D eigenvalue weighted by Gasteiger charge is -2.49. The largest absolute Gasteiger partial charge is 0.493 e. The topological polar surface area (TPSA) is 24.9 Å². The van der Waals surface area contributed by atoms with Crippen LogP contribution in [0.25, 0.3) is 0 Å². The fourth-order valence-corrected chi connectivity index (χ4v) is 7.19. The van der Waals surface area contributed by atoms with E-state index < -0.39 is 0 Å². The van der Waals surface area contributed by atoms with Gasteiger partial charge in [0.25, 0.3) is 0 Å². The monoisotopic (exact) mass is 492 g/mol. The molecule has 188 valence electrons. The lowest BCUT2D eigenvalue weighted by atomic mass is 9.72. The lowest BCUT2D eigenvalue weighted by Crippen LogP contribution is -2.47. The van der Waals surface area contributed by atoms with Crippen LogP contribution >= 0.6 is 12.2 Å². The average molecular weight is 493 g/mol. The number of aryl methyl sites for hydroxylation is 2. The van der Waals surface area contributed by atoms with Gasteiger partial charge in [-0.05, 0) is 96.9 Å². The highest BCUT2D eigenvalue weighted by molar-refractivity contribution is 7.78. The quantitative estimate of drug-likeness (QED) is 0.446. The molecular weight excluding hydrogens is 452 g/mol. The van der Waals surface area contributed by atoms with Crippen LogP contribution in [0.5, 0.6) is 11.5 Å². The van der Waals surface area contributed by atoms with Gasteiger partial charge in [-0.15, -0.1) is 0 Å². The van der Waals surface area contributed by atoms with E-state index in [1.165, 1.54) is 54.6 Å². The molecule has 0 aliphatic carbocycles. The van der Waals surface area contributed by atoms with E-state index in [1.807, 2.05) is 5.49 Å². The van der Waals surface area contributed by atoms with E-state index in [2.05, 4.69) is 54.8 Å². The van der Waals surface area contributed by atoms with Gasteiger partial charge in [0.1, 0.15) is 0 Å². The number of hydrogen-bond acceptors (Lipinski definition) is 4. The summed E-state index contributed by atoms with van der Waals surface area (Å²) >= 11 is 5.52. The number of benzene rings is 2. The summed E-state index contributed by atoms with van der Waals surface area (Å²) in [5.41, 5.74) is 10.6.